The van der Waals surface area contributed by atoms with E-state index in [1.54, 1.807) is 0 Å². The Morgan fingerprint density at radius 1 is 1.07 bits per heavy atom. The average molecular weight is 380 g/mol. The highest BCUT2D eigenvalue weighted by Gasteiger charge is 2.47. The van der Waals surface area contributed by atoms with E-state index < -0.39 is 11.5 Å². The Bertz CT molecular complexity index is 753. The third-order valence-electron chi connectivity index (χ3n) is 6.38. The molecule has 0 bridgehead atoms. The third-order valence-corrected chi connectivity index (χ3v) is 6.38. The first kappa shape index (κ1) is 18.9. The first-order chi connectivity index (χ1) is 13.7. The van der Waals surface area contributed by atoms with E-state index in [-0.39, 0.29) is 5.91 Å². The number of hydrogen-bond acceptors (Lipinski definition) is 5. The van der Waals surface area contributed by atoms with E-state index >= 15 is 0 Å². The minimum atomic E-state index is -0.659. The Hall–Kier alpha value is -2.39. The van der Waals surface area contributed by atoms with Crippen LogP contribution in [-0.2, 0) is 11.3 Å². The van der Waals surface area contributed by atoms with Gasteiger partial charge in [0.25, 0.3) is 0 Å². The third kappa shape index (κ3) is 3.90. The van der Waals surface area contributed by atoms with E-state index in [1.165, 1.54) is 18.4 Å². The molecule has 4 rings (SSSR count). The molecule has 0 radical (unpaired) electrons. The summed E-state index contributed by atoms with van der Waals surface area (Å²) in [6, 6.07) is 12.8. The van der Waals surface area contributed by atoms with Gasteiger partial charge in [-0.25, -0.2) is 4.99 Å². The zero-order valence-corrected chi connectivity index (χ0v) is 16.4. The molecule has 1 aliphatic carbocycles. The Labute approximate surface area is 167 Å². The van der Waals surface area contributed by atoms with Crippen molar-refractivity contribution in [2.45, 2.75) is 50.6 Å². The molecule has 1 aromatic rings. The van der Waals surface area contributed by atoms with Crippen molar-refractivity contribution in [3.8, 4) is 6.07 Å². The molecule has 28 heavy (non-hydrogen) atoms. The van der Waals surface area contributed by atoms with Crippen molar-refractivity contribution in [2.75, 3.05) is 26.2 Å². The fourth-order valence-electron chi connectivity index (χ4n) is 4.76. The Morgan fingerprint density at radius 3 is 2.39 bits per heavy atom. The largest absolute Gasteiger partial charge is 0.340 e. The fraction of sp³-hybridized carbons (Fsp3) is 0.591. The number of amides is 1. The maximum atomic E-state index is 12.7. The highest BCUT2D eigenvalue weighted by atomic mass is 16.2. The van der Waals surface area contributed by atoms with Crippen LogP contribution in [0.25, 0.3) is 0 Å². The molecule has 2 aliphatic heterocycles. The number of carbonyl (C=O) groups is 1. The Kier molecular flexibility index (Phi) is 5.63. The van der Waals surface area contributed by atoms with Gasteiger partial charge in [0.05, 0.1) is 11.6 Å². The Morgan fingerprint density at radius 2 is 1.75 bits per heavy atom. The van der Waals surface area contributed by atoms with Gasteiger partial charge in [0.2, 0.25) is 11.9 Å². The number of hydrogen-bond donors (Lipinski definition) is 1. The molecule has 148 valence electrons. The number of nitriles is 1. The van der Waals surface area contributed by atoms with E-state index in [1.807, 2.05) is 6.07 Å². The lowest BCUT2D eigenvalue weighted by Crippen LogP contribution is -2.60. The lowest BCUT2D eigenvalue weighted by atomic mass is 9.77. The topological polar surface area (TPSA) is 71.7 Å². The minimum absolute atomic E-state index is 0.166. The van der Waals surface area contributed by atoms with Crippen molar-refractivity contribution in [3.63, 3.8) is 0 Å². The summed E-state index contributed by atoms with van der Waals surface area (Å²) in [5, 5.41) is 12.6. The van der Waals surface area contributed by atoms with Gasteiger partial charge >= 0.3 is 0 Å². The normalized spacial score (nSPS) is 25.5. The highest BCUT2D eigenvalue weighted by Crippen LogP contribution is 2.39. The summed E-state index contributed by atoms with van der Waals surface area (Å²) in [5.74, 6) is -0.132. The number of piperazine rings is 1. The summed E-state index contributed by atoms with van der Waals surface area (Å²) in [7, 11) is 0. The summed E-state index contributed by atoms with van der Waals surface area (Å²) < 4.78 is 0. The number of nitrogens with zero attached hydrogens (tertiary/aromatic N) is 4. The van der Waals surface area contributed by atoms with Crippen LogP contribution >= 0.6 is 0 Å². The standard InChI is InChI=1S/C22H29N5O/c23-16-19-20(28)24-21(25-22(19)10-6-1-2-7-11-22)27-14-12-26(13-15-27)17-18-8-4-3-5-9-18/h3-5,8-9,19H,1-2,6-7,10-15,17H2,(H,24,25,28)/t19-/m0/s1. The first-order valence-electron chi connectivity index (χ1n) is 10.5. The molecule has 0 aromatic heterocycles. The van der Waals surface area contributed by atoms with E-state index in [0.717, 1.165) is 58.4 Å². The summed E-state index contributed by atoms with van der Waals surface area (Å²) >= 11 is 0. The van der Waals surface area contributed by atoms with Crippen LogP contribution in [0.2, 0.25) is 0 Å². The predicted molar refractivity (Wildman–Crippen MR) is 108 cm³/mol. The zero-order chi connectivity index (χ0) is 19.4. The molecule has 1 atom stereocenters. The second kappa shape index (κ2) is 8.32. The maximum absolute atomic E-state index is 12.7. The fourth-order valence-corrected chi connectivity index (χ4v) is 4.76. The quantitative estimate of drug-likeness (QED) is 0.857. The van der Waals surface area contributed by atoms with Gasteiger partial charge in [-0.1, -0.05) is 56.0 Å². The van der Waals surface area contributed by atoms with Gasteiger partial charge in [-0.2, -0.15) is 5.26 Å². The summed E-state index contributed by atoms with van der Waals surface area (Å²) in [6.07, 6.45) is 6.13. The van der Waals surface area contributed by atoms with Gasteiger partial charge in [0, 0.05) is 32.7 Å². The first-order valence-corrected chi connectivity index (χ1v) is 10.5. The molecular formula is C22H29N5O. The predicted octanol–water partition coefficient (Wildman–Crippen LogP) is 2.52. The molecule has 6 heteroatoms. The average Bonchev–Trinajstić information content (AvgIpc) is 2.95. The minimum Gasteiger partial charge on any atom is -0.340 e. The number of benzene rings is 1. The summed E-state index contributed by atoms with van der Waals surface area (Å²) in [6.45, 7) is 4.53. The second-order valence-electron chi connectivity index (χ2n) is 8.25. The van der Waals surface area contributed by atoms with Crippen LogP contribution in [0.1, 0.15) is 44.1 Å². The molecule has 1 saturated heterocycles. The SMILES string of the molecule is N#C[C@H]1C(=O)NC(N2CCN(Cc3ccccc3)CC2)=NC12CCCCCC2. The lowest BCUT2D eigenvalue weighted by molar-refractivity contribution is -0.124. The molecule has 1 N–H and O–H groups in total. The molecule has 1 saturated carbocycles. The van der Waals surface area contributed by atoms with Gasteiger partial charge in [0.1, 0.15) is 0 Å². The van der Waals surface area contributed by atoms with Crippen molar-refractivity contribution >= 4 is 11.9 Å². The molecule has 2 fully saturated rings. The van der Waals surface area contributed by atoms with Gasteiger partial charge in [-0.05, 0) is 18.4 Å². The number of nitrogens with one attached hydrogen (secondary N) is 1. The van der Waals surface area contributed by atoms with Gasteiger partial charge in [-0.3, -0.25) is 15.0 Å². The summed E-state index contributed by atoms with van der Waals surface area (Å²) in [5.41, 5.74) is 0.804. The number of guanidine groups is 1. The van der Waals surface area contributed by atoms with Crippen molar-refractivity contribution in [1.29, 1.82) is 5.26 Å². The van der Waals surface area contributed by atoms with Gasteiger partial charge in [-0.15, -0.1) is 0 Å². The van der Waals surface area contributed by atoms with Crippen LogP contribution in [0.15, 0.2) is 35.3 Å². The maximum Gasteiger partial charge on any atom is 0.246 e. The second-order valence-corrected chi connectivity index (χ2v) is 8.25. The monoisotopic (exact) mass is 379 g/mol. The molecular weight excluding hydrogens is 350 g/mol. The summed E-state index contributed by atoms with van der Waals surface area (Å²) in [4.78, 5) is 22.4. The van der Waals surface area contributed by atoms with E-state index in [2.05, 4.69) is 45.5 Å². The number of aliphatic imine (C=N–C) groups is 1. The molecule has 3 aliphatic rings. The highest BCUT2D eigenvalue weighted by molar-refractivity contribution is 6.02. The van der Waals surface area contributed by atoms with E-state index in [9.17, 15) is 10.1 Å². The van der Waals surface area contributed by atoms with Crippen molar-refractivity contribution in [3.05, 3.63) is 35.9 Å². The smallest absolute Gasteiger partial charge is 0.246 e. The lowest BCUT2D eigenvalue weighted by Gasteiger charge is -2.42. The van der Waals surface area contributed by atoms with E-state index in [4.69, 9.17) is 4.99 Å². The van der Waals surface area contributed by atoms with Crippen LogP contribution in [0.5, 0.6) is 0 Å². The van der Waals surface area contributed by atoms with Crippen molar-refractivity contribution < 1.29 is 4.79 Å². The number of carbonyl (C=O) groups excluding carboxylic acids is 1. The van der Waals surface area contributed by atoms with Crippen LogP contribution < -0.4 is 5.32 Å². The molecule has 1 spiro atoms. The van der Waals surface area contributed by atoms with Crippen LogP contribution in [0, 0.1) is 17.2 Å². The van der Waals surface area contributed by atoms with Gasteiger partial charge < -0.3 is 4.90 Å². The van der Waals surface area contributed by atoms with E-state index in [0.29, 0.717) is 5.96 Å². The molecule has 1 aromatic carbocycles. The van der Waals surface area contributed by atoms with Crippen LogP contribution in [0.4, 0.5) is 0 Å². The zero-order valence-electron chi connectivity index (χ0n) is 16.4. The molecule has 6 nitrogen and oxygen atoms in total. The molecule has 0 unspecified atom stereocenters. The van der Waals surface area contributed by atoms with Crippen LogP contribution in [-0.4, -0.2) is 53.4 Å². The van der Waals surface area contributed by atoms with Gasteiger partial charge in [0.15, 0.2) is 5.92 Å². The number of rotatable bonds is 2. The Balaban J connectivity index is 1.46. The molecule has 1 amide bonds. The van der Waals surface area contributed by atoms with Crippen molar-refractivity contribution in [1.82, 2.24) is 15.1 Å². The molecule has 2 heterocycles. The van der Waals surface area contributed by atoms with Crippen LogP contribution in [0.3, 0.4) is 0 Å². The van der Waals surface area contributed by atoms with Crippen molar-refractivity contribution in [2.24, 2.45) is 10.9 Å².